The van der Waals surface area contributed by atoms with Crippen molar-refractivity contribution in [1.29, 1.82) is 0 Å². The molecular weight excluding hydrogens is 256 g/mol. The number of aromatic nitrogens is 2. The molecule has 1 aromatic heterocycles. The second kappa shape index (κ2) is 6.85. The van der Waals surface area contributed by atoms with Gasteiger partial charge < -0.3 is 15.0 Å². The fourth-order valence-electron chi connectivity index (χ4n) is 2.46. The Bertz CT molecular complexity index is 486. The van der Waals surface area contributed by atoms with Crippen LogP contribution in [0, 0.1) is 0 Å². The molecule has 2 heterocycles. The predicted octanol–water partition coefficient (Wildman–Crippen LogP) is 0.398. The number of aromatic amines is 1. The summed E-state index contributed by atoms with van der Waals surface area (Å²) >= 11 is 0. The van der Waals surface area contributed by atoms with Gasteiger partial charge in [0.05, 0.1) is 6.61 Å². The molecule has 0 aromatic carbocycles. The van der Waals surface area contributed by atoms with E-state index in [1.165, 1.54) is 0 Å². The van der Waals surface area contributed by atoms with E-state index in [-0.39, 0.29) is 18.1 Å². The first kappa shape index (κ1) is 15.0. The third kappa shape index (κ3) is 3.80. The Hall–Kier alpha value is -1.40. The van der Waals surface area contributed by atoms with Crippen molar-refractivity contribution in [3.63, 3.8) is 0 Å². The number of hydrogen-bond donors (Lipinski definition) is 2. The number of aliphatic hydroxyl groups excluding tert-OH is 1. The van der Waals surface area contributed by atoms with E-state index >= 15 is 0 Å². The zero-order chi connectivity index (χ0) is 14.5. The lowest BCUT2D eigenvalue weighted by Crippen LogP contribution is -2.33. The van der Waals surface area contributed by atoms with Crippen LogP contribution in [-0.2, 0) is 0 Å². The molecule has 6 nitrogen and oxygen atoms in total. The van der Waals surface area contributed by atoms with Crippen LogP contribution in [0.15, 0.2) is 10.9 Å². The van der Waals surface area contributed by atoms with Gasteiger partial charge in [0, 0.05) is 38.2 Å². The van der Waals surface area contributed by atoms with Crippen molar-refractivity contribution in [2.45, 2.75) is 26.2 Å². The maximum absolute atomic E-state index is 11.7. The largest absolute Gasteiger partial charge is 0.395 e. The van der Waals surface area contributed by atoms with Gasteiger partial charge in [0.2, 0.25) is 0 Å². The van der Waals surface area contributed by atoms with Crippen LogP contribution in [0.1, 0.15) is 32.0 Å². The molecule has 1 aromatic rings. The Morgan fingerprint density at radius 2 is 2.15 bits per heavy atom. The average Bonchev–Trinajstić information content (AvgIpc) is 2.64. The molecule has 2 rings (SSSR count). The zero-order valence-corrected chi connectivity index (χ0v) is 12.3. The van der Waals surface area contributed by atoms with Crippen LogP contribution >= 0.6 is 0 Å². The Kier molecular flexibility index (Phi) is 5.14. The number of nitrogens with zero attached hydrogens (tertiary/aromatic N) is 3. The Morgan fingerprint density at radius 1 is 1.35 bits per heavy atom. The SMILES string of the molecule is CC(C)c1nc(N2CCCN(CCO)CC2)cc(=O)[nH]1. The number of H-pyrrole nitrogens is 1. The van der Waals surface area contributed by atoms with E-state index in [0.29, 0.717) is 6.54 Å². The highest BCUT2D eigenvalue weighted by molar-refractivity contribution is 5.38. The fraction of sp³-hybridized carbons (Fsp3) is 0.714. The van der Waals surface area contributed by atoms with E-state index in [0.717, 1.165) is 44.2 Å². The second-order valence-electron chi connectivity index (χ2n) is 5.55. The van der Waals surface area contributed by atoms with Crippen LogP contribution < -0.4 is 10.5 Å². The molecule has 0 bridgehead atoms. The topological polar surface area (TPSA) is 72.5 Å². The molecule has 0 spiro atoms. The van der Waals surface area contributed by atoms with Gasteiger partial charge in [-0.25, -0.2) is 4.98 Å². The first-order valence-electron chi connectivity index (χ1n) is 7.29. The summed E-state index contributed by atoms with van der Waals surface area (Å²) in [6, 6.07) is 1.58. The lowest BCUT2D eigenvalue weighted by atomic mass is 10.2. The molecule has 20 heavy (non-hydrogen) atoms. The summed E-state index contributed by atoms with van der Waals surface area (Å²) in [5.41, 5.74) is -0.0878. The third-order valence-corrected chi connectivity index (χ3v) is 3.62. The van der Waals surface area contributed by atoms with Crippen molar-refractivity contribution in [3.05, 3.63) is 22.2 Å². The molecule has 0 saturated carbocycles. The molecule has 0 amide bonds. The fourth-order valence-corrected chi connectivity index (χ4v) is 2.46. The molecule has 2 N–H and O–H groups in total. The standard InChI is InChI=1S/C14H24N4O2/c1-11(2)14-15-12(10-13(20)16-14)18-5-3-4-17(6-7-18)8-9-19/h10-11,19H,3-9H2,1-2H3,(H,15,16,20). The highest BCUT2D eigenvalue weighted by atomic mass is 16.3. The molecule has 0 aliphatic carbocycles. The van der Waals surface area contributed by atoms with Crippen LogP contribution in [0.3, 0.4) is 0 Å². The molecule has 1 aliphatic heterocycles. The van der Waals surface area contributed by atoms with Gasteiger partial charge in [-0.1, -0.05) is 13.8 Å². The zero-order valence-electron chi connectivity index (χ0n) is 12.3. The first-order valence-corrected chi connectivity index (χ1v) is 7.29. The normalized spacial score (nSPS) is 17.5. The van der Waals surface area contributed by atoms with Gasteiger partial charge in [-0.2, -0.15) is 0 Å². The summed E-state index contributed by atoms with van der Waals surface area (Å²) in [5, 5.41) is 9.01. The summed E-state index contributed by atoms with van der Waals surface area (Å²) in [4.78, 5) is 23.5. The minimum Gasteiger partial charge on any atom is -0.395 e. The number of aliphatic hydroxyl groups is 1. The van der Waals surface area contributed by atoms with E-state index in [9.17, 15) is 4.79 Å². The summed E-state index contributed by atoms with van der Waals surface area (Å²) in [5.74, 6) is 1.72. The van der Waals surface area contributed by atoms with Crippen LogP contribution in [0.5, 0.6) is 0 Å². The highest BCUT2D eigenvalue weighted by Crippen LogP contribution is 2.15. The number of β-amino-alcohol motifs (C(OH)–C–C–N with tert-alkyl or cyclic N) is 1. The highest BCUT2D eigenvalue weighted by Gasteiger charge is 2.17. The summed E-state index contributed by atoms with van der Waals surface area (Å²) in [6.07, 6.45) is 1.02. The quantitative estimate of drug-likeness (QED) is 0.835. The van der Waals surface area contributed by atoms with Crippen LogP contribution in [0.25, 0.3) is 0 Å². The summed E-state index contributed by atoms with van der Waals surface area (Å²) in [6.45, 7) is 8.57. The van der Waals surface area contributed by atoms with Crippen molar-refractivity contribution >= 4 is 5.82 Å². The number of rotatable bonds is 4. The average molecular weight is 280 g/mol. The molecule has 0 unspecified atom stereocenters. The van der Waals surface area contributed by atoms with Crippen molar-refractivity contribution in [3.8, 4) is 0 Å². The molecule has 1 aliphatic rings. The molecule has 112 valence electrons. The van der Waals surface area contributed by atoms with Crippen molar-refractivity contribution in [2.24, 2.45) is 0 Å². The number of anilines is 1. The van der Waals surface area contributed by atoms with Gasteiger partial charge >= 0.3 is 0 Å². The van der Waals surface area contributed by atoms with Crippen molar-refractivity contribution in [2.75, 3.05) is 44.2 Å². The lowest BCUT2D eigenvalue weighted by Gasteiger charge is -2.22. The van der Waals surface area contributed by atoms with Gasteiger partial charge in [-0.3, -0.25) is 9.69 Å². The smallest absolute Gasteiger partial charge is 0.252 e. The molecule has 0 atom stereocenters. The summed E-state index contributed by atoms with van der Waals surface area (Å²) < 4.78 is 0. The first-order chi connectivity index (χ1) is 9.60. The van der Waals surface area contributed by atoms with Gasteiger partial charge in [-0.15, -0.1) is 0 Å². The van der Waals surface area contributed by atoms with E-state index < -0.39 is 0 Å². The van der Waals surface area contributed by atoms with Gasteiger partial charge in [0.1, 0.15) is 11.6 Å². The maximum atomic E-state index is 11.7. The minimum absolute atomic E-state index is 0.0878. The lowest BCUT2D eigenvalue weighted by molar-refractivity contribution is 0.204. The van der Waals surface area contributed by atoms with Crippen molar-refractivity contribution in [1.82, 2.24) is 14.9 Å². The van der Waals surface area contributed by atoms with Gasteiger partial charge in [0.25, 0.3) is 5.56 Å². The molecular formula is C14H24N4O2. The molecule has 1 saturated heterocycles. The Labute approximate surface area is 119 Å². The predicted molar refractivity (Wildman–Crippen MR) is 79.3 cm³/mol. The summed E-state index contributed by atoms with van der Waals surface area (Å²) in [7, 11) is 0. The monoisotopic (exact) mass is 280 g/mol. The van der Waals surface area contributed by atoms with Crippen molar-refractivity contribution < 1.29 is 5.11 Å². The second-order valence-corrected chi connectivity index (χ2v) is 5.55. The van der Waals surface area contributed by atoms with E-state index in [1.807, 2.05) is 13.8 Å². The number of nitrogens with one attached hydrogen (secondary N) is 1. The van der Waals surface area contributed by atoms with Crippen LogP contribution in [-0.4, -0.2) is 59.3 Å². The molecule has 6 heteroatoms. The number of hydrogen-bond acceptors (Lipinski definition) is 5. The van der Waals surface area contributed by atoms with Gasteiger partial charge in [0.15, 0.2) is 0 Å². The molecule has 0 radical (unpaired) electrons. The van der Waals surface area contributed by atoms with E-state index in [2.05, 4.69) is 19.8 Å². The van der Waals surface area contributed by atoms with Crippen LogP contribution in [0.4, 0.5) is 5.82 Å². The van der Waals surface area contributed by atoms with Gasteiger partial charge in [-0.05, 0) is 13.0 Å². The Balaban J connectivity index is 2.13. The van der Waals surface area contributed by atoms with E-state index in [1.54, 1.807) is 6.07 Å². The van der Waals surface area contributed by atoms with E-state index in [4.69, 9.17) is 5.11 Å². The third-order valence-electron chi connectivity index (χ3n) is 3.62. The van der Waals surface area contributed by atoms with Crippen LogP contribution in [0.2, 0.25) is 0 Å². The Morgan fingerprint density at radius 3 is 2.85 bits per heavy atom. The maximum Gasteiger partial charge on any atom is 0.252 e. The molecule has 1 fully saturated rings. The minimum atomic E-state index is -0.0878.